The quantitative estimate of drug-likeness (QED) is 0.724. The van der Waals surface area contributed by atoms with E-state index in [1.165, 1.54) is 33.2 Å². The third-order valence-corrected chi connectivity index (χ3v) is 5.42. The molecule has 0 saturated carbocycles. The van der Waals surface area contributed by atoms with Crippen LogP contribution < -0.4 is 14.8 Å². The number of benzene rings is 1. The maximum Gasteiger partial charge on any atom is 0.245 e. The van der Waals surface area contributed by atoms with Crippen molar-refractivity contribution in [3.63, 3.8) is 0 Å². The zero-order chi connectivity index (χ0) is 20.2. The lowest BCUT2D eigenvalue weighted by atomic mass is 10.1. The molecule has 2 aromatic rings. The Morgan fingerprint density at radius 2 is 2.00 bits per heavy atom. The van der Waals surface area contributed by atoms with Crippen LogP contribution >= 0.6 is 11.6 Å². The van der Waals surface area contributed by atoms with E-state index < -0.39 is 33.0 Å². The summed E-state index contributed by atoms with van der Waals surface area (Å²) in [5.41, 5.74) is -1.00. The highest BCUT2D eigenvalue weighted by Crippen LogP contribution is 2.20. The normalized spacial score (nSPS) is 11.9. The molecule has 1 amide bonds. The van der Waals surface area contributed by atoms with E-state index in [0.29, 0.717) is 11.6 Å². The van der Waals surface area contributed by atoms with Gasteiger partial charge in [-0.05, 0) is 43.7 Å². The van der Waals surface area contributed by atoms with Crippen LogP contribution in [-0.2, 0) is 20.6 Å². The van der Waals surface area contributed by atoms with Crippen LogP contribution in [-0.4, -0.2) is 32.0 Å². The fourth-order valence-electron chi connectivity index (χ4n) is 2.19. The van der Waals surface area contributed by atoms with Gasteiger partial charge in [0.1, 0.15) is 11.4 Å². The highest BCUT2D eigenvalue weighted by atomic mass is 35.5. The highest BCUT2D eigenvalue weighted by Gasteiger charge is 2.33. The number of hydrogen-bond donors (Lipinski definition) is 2. The first-order valence-electron chi connectivity index (χ1n) is 7.79. The second-order valence-corrected chi connectivity index (χ2v) is 8.39. The fourth-order valence-corrected chi connectivity index (χ4v) is 4.05. The van der Waals surface area contributed by atoms with E-state index in [1.807, 2.05) is 0 Å². The van der Waals surface area contributed by atoms with Crippen LogP contribution in [0.25, 0.3) is 0 Å². The number of anilines is 1. The van der Waals surface area contributed by atoms with Crippen molar-refractivity contribution in [2.45, 2.75) is 25.1 Å². The second kappa shape index (κ2) is 8.20. The summed E-state index contributed by atoms with van der Waals surface area (Å²) in [6, 6.07) is 6.57. The summed E-state index contributed by atoms with van der Waals surface area (Å²) in [5.74, 6) is -1.39. The maximum absolute atomic E-state index is 13.3. The van der Waals surface area contributed by atoms with Crippen molar-refractivity contribution in [2.24, 2.45) is 0 Å². The standard InChI is InChI=1S/C17H19ClFN3O4S/c1-17(2,16(23)21-13-5-7-15(26-3)20-9-13)22-27(24,25)10-11-8-12(19)4-6-14(11)18/h4-9,22H,10H2,1-3H3,(H,21,23). The summed E-state index contributed by atoms with van der Waals surface area (Å²) < 4.78 is 45.4. The van der Waals surface area contributed by atoms with E-state index >= 15 is 0 Å². The van der Waals surface area contributed by atoms with Crippen molar-refractivity contribution >= 4 is 33.2 Å². The van der Waals surface area contributed by atoms with Crippen molar-refractivity contribution in [1.29, 1.82) is 0 Å². The predicted molar refractivity (Wildman–Crippen MR) is 101 cm³/mol. The number of halogens is 2. The third-order valence-electron chi connectivity index (χ3n) is 3.53. The van der Waals surface area contributed by atoms with Crippen molar-refractivity contribution in [3.8, 4) is 5.88 Å². The first-order chi connectivity index (χ1) is 12.5. The highest BCUT2D eigenvalue weighted by molar-refractivity contribution is 7.88. The van der Waals surface area contributed by atoms with Crippen molar-refractivity contribution < 1.29 is 22.3 Å². The van der Waals surface area contributed by atoms with Gasteiger partial charge in [-0.15, -0.1) is 0 Å². The van der Waals surface area contributed by atoms with Crippen LogP contribution in [0.4, 0.5) is 10.1 Å². The monoisotopic (exact) mass is 415 g/mol. The number of nitrogens with one attached hydrogen (secondary N) is 2. The summed E-state index contributed by atoms with van der Waals surface area (Å²) in [4.78, 5) is 16.4. The van der Waals surface area contributed by atoms with Gasteiger partial charge in [-0.1, -0.05) is 11.6 Å². The summed E-state index contributed by atoms with van der Waals surface area (Å²) >= 11 is 5.91. The number of carbonyl (C=O) groups excluding carboxylic acids is 1. The number of nitrogens with zero attached hydrogens (tertiary/aromatic N) is 1. The molecule has 0 aliphatic carbocycles. The fraction of sp³-hybridized carbons (Fsp3) is 0.294. The number of sulfonamides is 1. The van der Waals surface area contributed by atoms with Gasteiger partial charge in [0.25, 0.3) is 0 Å². The van der Waals surface area contributed by atoms with Crippen LogP contribution in [0.2, 0.25) is 5.02 Å². The zero-order valence-corrected chi connectivity index (χ0v) is 16.5. The Morgan fingerprint density at radius 3 is 2.59 bits per heavy atom. The summed E-state index contributed by atoms with van der Waals surface area (Å²) in [6.07, 6.45) is 1.38. The lowest BCUT2D eigenvalue weighted by Crippen LogP contribution is -2.52. The number of rotatable bonds is 7. The number of carbonyl (C=O) groups is 1. The number of amides is 1. The molecule has 2 rings (SSSR count). The van der Waals surface area contributed by atoms with E-state index in [0.717, 1.165) is 12.1 Å². The molecule has 1 aromatic carbocycles. The number of hydrogen-bond acceptors (Lipinski definition) is 5. The number of methoxy groups -OCH3 is 1. The van der Waals surface area contributed by atoms with Gasteiger partial charge in [-0.25, -0.2) is 17.8 Å². The summed E-state index contributed by atoms with van der Waals surface area (Å²) in [7, 11) is -2.52. The minimum atomic E-state index is -3.98. The molecule has 1 aromatic heterocycles. The number of pyridine rings is 1. The van der Waals surface area contributed by atoms with Crippen LogP contribution in [0.3, 0.4) is 0 Å². The number of ether oxygens (including phenoxy) is 1. The Balaban J connectivity index is 2.10. The van der Waals surface area contributed by atoms with Gasteiger partial charge in [0.05, 0.1) is 24.7 Å². The molecule has 0 saturated heterocycles. The third kappa shape index (κ3) is 5.88. The minimum Gasteiger partial charge on any atom is -0.481 e. The SMILES string of the molecule is COc1ccc(NC(=O)C(C)(C)NS(=O)(=O)Cc2cc(F)ccc2Cl)cn1. The average Bonchev–Trinajstić information content (AvgIpc) is 2.57. The lowest BCUT2D eigenvalue weighted by Gasteiger charge is -2.25. The van der Waals surface area contributed by atoms with Crippen LogP contribution in [0.1, 0.15) is 19.4 Å². The Bertz CT molecular complexity index is 934. The van der Waals surface area contributed by atoms with Crippen LogP contribution in [0.5, 0.6) is 5.88 Å². The second-order valence-electron chi connectivity index (χ2n) is 6.27. The Morgan fingerprint density at radius 1 is 1.30 bits per heavy atom. The van der Waals surface area contributed by atoms with Gasteiger partial charge >= 0.3 is 0 Å². The van der Waals surface area contributed by atoms with Gasteiger partial charge in [-0.3, -0.25) is 4.79 Å². The topological polar surface area (TPSA) is 97.4 Å². The molecular formula is C17H19ClFN3O4S. The summed E-state index contributed by atoms with van der Waals surface area (Å²) in [5, 5.41) is 2.69. The molecule has 10 heteroatoms. The summed E-state index contributed by atoms with van der Waals surface area (Å²) in [6.45, 7) is 2.81. The van der Waals surface area contributed by atoms with Crippen LogP contribution in [0, 0.1) is 5.82 Å². The first kappa shape index (κ1) is 21.1. The average molecular weight is 416 g/mol. The van der Waals surface area contributed by atoms with Gasteiger partial charge in [0, 0.05) is 11.1 Å². The molecule has 0 atom stereocenters. The van der Waals surface area contributed by atoms with Crippen molar-refractivity contribution in [1.82, 2.24) is 9.71 Å². The van der Waals surface area contributed by atoms with E-state index in [1.54, 1.807) is 12.1 Å². The molecular weight excluding hydrogens is 397 g/mol. The first-order valence-corrected chi connectivity index (χ1v) is 9.82. The van der Waals surface area contributed by atoms with Crippen molar-refractivity contribution in [3.05, 3.63) is 52.9 Å². The molecule has 0 bridgehead atoms. The Kier molecular flexibility index (Phi) is 6.40. The van der Waals surface area contributed by atoms with Gasteiger partial charge in [-0.2, -0.15) is 4.72 Å². The minimum absolute atomic E-state index is 0.0970. The molecule has 0 radical (unpaired) electrons. The lowest BCUT2D eigenvalue weighted by molar-refractivity contribution is -0.120. The molecule has 27 heavy (non-hydrogen) atoms. The molecule has 0 fully saturated rings. The number of aromatic nitrogens is 1. The Labute approximate surface area is 162 Å². The van der Waals surface area contributed by atoms with E-state index in [9.17, 15) is 17.6 Å². The zero-order valence-electron chi connectivity index (χ0n) is 14.9. The molecule has 0 spiro atoms. The Hall–Kier alpha value is -2.23. The maximum atomic E-state index is 13.3. The van der Waals surface area contributed by atoms with Gasteiger partial charge in [0.15, 0.2) is 0 Å². The molecule has 2 N–H and O–H groups in total. The molecule has 146 valence electrons. The van der Waals surface area contributed by atoms with E-state index in [-0.39, 0.29) is 10.6 Å². The molecule has 0 aliphatic heterocycles. The largest absolute Gasteiger partial charge is 0.481 e. The molecule has 0 aliphatic rings. The van der Waals surface area contributed by atoms with E-state index in [2.05, 4.69) is 15.0 Å². The molecule has 1 heterocycles. The van der Waals surface area contributed by atoms with Gasteiger partial charge < -0.3 is 10.1 Å². The van der Waals surface area contributed by atoms with E-state index in [4.69, 9.17) is 16.3 Å². The smallest absolute Gasteiger partial charge is 0.245 e. The van der Waals surface area contributed by atoms with Crippen LogP contribution in [0.15, 0.2) is 36.5 Å². The van der Waals surface area contributed by atoms with Crippen molar-refractivity contribution in [2.75, 3.05) is 12.4 Å². The molecule has 0 unspecified atom stereocenters. The predicted octanol–water partition coefficient (Wildman–Crippen LogP) is 2.72. The van der Waals surface area contributed by atoms with Gasteiger partial charge in [0.2, 0.25) is 21.8 Å². The molecule has 7 nitrogen and oxygen atoms in total.